The number of hydrogen-bond acceptors (Lipinski definition) is 11. The second-order valence-corrected chi connectivity index (χ2v) is 8.60. The van der Waals surface area contributed by atoms with Crippen LogP contribution in [0.15, 0.2) is 53.9 Å². The van der Waals surface area contributed by atoms with Crippen molar-refractivity contribution >= 4 is 40.3 Å². The van der Waals surface area contributed by atoms with Crippen LogP contribution in [0.3, 0.4) is 0 Å². The van der Waals surface area contributed by atoms with E-state index in [-0.39, 0.29) is 0 Å². The number of fused-ring (bicyclic) bond motifs is 1. The molecule has 0 fully saturated rings. The van der Waals surface area contributed by atoms with Gasteiger partial charge in [0.1, 0.15) is 17.4 Å². The molecular weight excluding hydrogens is 496 g/mol. The van der Waals surface area contributed by atoms with Crippen LogP contribution >= 0.6 is 11.9 Å². The molecule has 2 aromatic carbocycles. The zero-order valence-electron chi connectivity index (χ0n) is 21.2. The van der Waals surface area contributed by atoms with Crippen LogP contribution in [-0.2, 0) is 16.5 Å². The summed E-state index contributed by atoms with van der Waals surface area (Å²) in [5.74, 6) is 2.62. The fraction of sp³-hybridized carbons (Fsp3) is 0.320. The van der Waals surface area contributed by atoms with Gasteiger partial charge in [-0.05, 0) is 12.1 Å². The molecule has 0 radical (unpaired) electrons. The molecule has 0 atom stereocenters. The summed E-state index contributed by atoms with van der Waals surface area (Å²) < 4.78 is 32.9. The number of aryl methyl sites for hydroxylation is 1. The lowest BCUT2D eigenvalue weighted by Crippen LogP contribution is -2.11. The standard InChI is InChI=1S/C25H30N6O5S/c1-31-15-22(26-16-31)37-30-25-24(27-18-7-5-6-8-19(18)28-25)29-20-13-17(33-3)14-21(34-4)23(20)36-12-11-35-10-9-32-2/h5-8,13-16H,9-12H2,1-4H3,(H,27,29)(H,28,30). The predicted octanol–water partition coefficient (Wildman–Crippen LogP) is 4.29. The van der Waals surface area contributed by atoms with E-state index in [4.69, 9.17) is 33.7 Å². The molecule has 0 unspecified atom stereocenters. The van der Waals surface area contributed by atoms with Gasteiger partial charge in [0.05, 0.1) is 57.1 Å². The van der Waals surface area contributed by atoms with Crippen LogP contribution in [0.4, 0.5) is 17.3 Å². The summed E-state index contributed by atoms with van der Waals surface area (Å²) in [7, 11) is 6.72. The number of imidazole rings is 1. The largest absolute Gasteiger partial charge is 0.497 e. The molecule has 0 saturated carbocycles. The average Bonchev–Trinajstić information content (AvgIpc) is 3.34. The third kappa shape index (κ3) is 6.94. The maximum atomic E-state index is 6.08. The van der Waals surface area contributed by atoms with Gasteiger partial charge in [-0.3, -0.25) is 0 Å². The number of rotatable bonds is 14. The molecule has 4 aromatic rings. The maximum Gasteiger partial charge on any atom is 0.185 e. The van der Waals surface area contributed by atoms with E-state index < -0.39 is 0 Å². The second kappa shape index (κ2) is 13.0. The highest BCUT2D eigenvalue weighted by Gasteiger charge is 2.18. The van der Waals surface area contributed by atoms with Gasteiger partial charge in [0.25, 0.3) is 0 Å². The van der Waals surface area contributed by atoms with Crippen molar-refractivity contribution in [2.45, 2.75) is 5.03 Å². The van der Waals surface area contributed by atoms with Gasteiger partial charge >= 0.3 is 0 Å². The number of nitrogens with zero attached hydrogens (tertiary/aromatic N) is 4. The lowest BCUT2D eigenvalue weighted by atomic mass is 10.2. The molecule has 37 heavy (non-hydrogen) atoms. The number of aromatic nitrogens is 4. The zero-order valence-corrected chi connectivity index (χ0v) is 22.0. The molecule has 0 spiro atoms. The van der Waals surface area contributed by atoms with Crippen LogP contribution in [-0.4, -0.2) is 67.3 Å². The number of anilines is 3. The van der Waals surface area contributed by atoms with Crippen molar-refractivity contribution < 1.29 is 23.7 Å². The van der Waals surface area contributed by atoms with E-state index in [2.05, 4.69) is 15.0 Å². The van der Waals surface area contributed by atoms with Gasteiger partial charge in [-0.1, -0.05) is 12.1 Å². The Balaban J connectivity index is 1.64. The minimum absolute atomic E-state index is 0.311. The fourth-order valence-electron chi connectivity index (χ4n) is 3.36. The molecule has 11 nitrogen and oxygen atoms in total. The molecule has 4 rings (SSSR count). The van der Waals surface area contributed by atoms with Crippen molar-refractivity contribution in [1.82, 2.24) is 19.5 Å². The van der Waals surface area contributed by atoms with E-state index in [1.54, 1.807) is 33.7 Å². The fourth-order valence-corrected chi connectivity index (χ4v) is 4.03. The van der Waals surface area contributed by atoms with Gasteiger partial charge in [-0.25, -0.2) is 15.0 Å². The van der Waals surface area contributed by atoms with E-state index in [0.29, 0.717) is 61.0 Å². The first-order valence-corrected chi connectivity index (χ1v) is 12.3. The van der Waals surface area contributed by atoms with Gasteiger partial charge in [-0.2, -0.15) is 0 Å². The second-order valence-electron chi connectivity index (χ2n) is 7.78. The number of para-hydroxylation sites is 2. The summed E-state index contributed by atoms with van der Waals surface area (Å²) in [6, 6.07) is 11.2. The Labute approximate surface area is 219 Å². The Bertz CT molecular complexity index is 1320. The highest BCUT2D eigenvalue weighted by Crippen LogP contribution is 2.42. The van der Waals surface area contributed by atoms with Gasteiger partial charge in [0.15, 0.2) is 23.1 Å². The van der Waals surface area contributed by atoms with Crippen LogP contribution in [0.2, 0.25) is 0 Å². The third-order valence-electron chi connectivity index (χ3n) is 5.15. The number of methoxy groups -OCH3 is 3. The van der Waals surface area contributed by atoms with Crippen molar-refractivity contribution in [2.75, 3.05) is 57.8 Å². The Kier molecular flexibility index (Phi) is 9.24. The highest BCUT2D eigenvalue weighted by atomic mass is 32.2. The molecule has 0 aliphatic carbocycles. The van der Waals surface area contributed by atoms with Crippen LogP contribution in [0.25, 0.3) is 11.0 Å². The molecule has 0 aliphatic heterocycles. The Morgan fingerprint density at radius 3 is 2.35 bits per heavy atom. The van der Waals surface area contributed by atoms with Crippen LogP contribution < -0.4 is 24.2 Å². The van der Waals surface area contributed by atoms with E-state index in [1.807, 2.05) is 48.1 Å². The lowest BCUT2D eigenvalue weighted by Gasteiger charge is -2.19. The third-order valence-corrected chi connectivity index (χ3v) is 5.86. The molecule has 2 N–H and O–H groups in total. The van der Waals surface area contributed by atoms with Gasteiger partial charge in [0, 0.05) is 44.4 Å². The topological polar surface area (TPSA) is 114 Å². The van der Waals surface area contributed by atoms with Crippen molar-refractivity contribution in [3.8, 4) is 17.2 Å². The number of hydrogen-bond donors (Lipinski definition) is 2. The maximum absolute atomic E-state index is 6.08. The number of ether oxygens (including phenoxy) is 5. The summed E-state index contributed by atoms with van der Waals surface area (Å²) in [6.45, 7) is 1.71. The Morgan fingerprint density at radius 2 is 1.68 bits per heavy atom. The minimum Gasteiger partial charge on any atom is -0.497 e. The van der Waals surface area contributed by atoms with Crippen molar-refractivity contribution in [1.29, 1.82) is 0 Å². The summed E-state index contributed by atoms with van der Waals surface area (Å²) in [5, 5.41) is 4.16. The van der Waals surface area contributed by atoms with E-state index >= 15 is 0 Å². The average molecular weight is 527 g/mol. The first-order chi connectivity index (χ1) is 18.1. The Morgan fingerprint density at radius 1 is 0.919 bits per heavy atom. The summed E-state index contributed by atoms with van der Waals surface area (Å²) in [6.07, 6.45) is 3.65. The van der Waals surface area contributed by atoms with Crippen molar-refractivity contribution in [3.05, 3.63) is 48.9 Å². The lowest BCUT2D eigenvalue weighted by molar-refractivity contribution is 0.0541. The smallest absolute Gasteiger partial charge is 0.185 e. The molecule has 0 bridgehead atoms. The quantitative estimate of drug-likeness (QED) is 0.181. The number of benzene rings is 2. The van der Waals surface area contributed by atoms with E-state index in [1.165, 1.54) is 11.9 Å². The minimum atomic E-state index is 0.311. The van der Waals surface area contributed by atoms with Crippen LogP contribution in [0.1, 0.15) is 0 Å². The molecule has 0 aliphatic rings. The highest BCUT2D eigenvalue weighted by molar-refractivity contribution is 8.00. The molecule has 0 saturated heterocycles. The SMILES string of the molecule is COCCOCCOc1c(Nc2nc3ccccc3nc2NSc2cn(C)cn2)cc(OC)cc1OC. The zero-order chi connectivity index (χ0) is 26.0. The van der Waals surface area contributed by atoms with Crippen molar-refractivity contribution in [3.63, 3.8) is 0 Å². The summed E-state index contributed by atoms with van der Waals surface area (Å²) >= 11 is 1.34. The van der Waals surface area contributed by atoms with Gasteiger partial charge in [0.2, 0.25) is 0 Å². The van der Waals surface area contributed by atoms with Crippen LogP contribution in [0, 0.1) is 0 Å². The monoisotopic (exact) mass is 526 g/mol. The molecule has 12 heteroatoms. The van der Waals surface area contributed by atoms with E-state index in [9.17, 15) is 0 Å². The van der Waals surface area contributed by atoms with E-state index in [0.717, 1.165) is 16.1 Å². The molecular formula is C25H30N6O5S. The normalized spacial score (nSPS) is 10.9. The molecule has 0 amide bonds. The predicted molar refractivity (Wildman–Crippen MR) is 143 cm³/mol. The van der Waals surface area contributed by atoms with Crippen molar-refractivity contribution in [2.24, 2.45) is 7.05 Å². The molecule has 196 valence electrons. The first-order valence-electron chi connectivity index (χ1n) is 11.5. The van der Waals surface area contributed by atoms with Crippen LogP contribution in [0.5, 0.6) is 17.2 Å². The summed E-state index contributed by atoms with van der Waals surface area (Å²) in [4.78, 5) is 14.0. The Hall–Kier alpha value is -3.74. The van der Waals surface area contributed by atoms with Gasteiger partial charge < -0.3 is 38.3 Å². The first kappa shape index (κ1) is 26.3. The summed E-state index contributed by atoms with van der Waals surface area (Å²) in [5.41, 5.74) is 2.09. The number of nitrogens with one attached hydrogen (secondary N) is 2. The molecule has 2 aromatic heterocycles. The molecule has 2 heterocycles. The van der Waals surface area contributed by atoms with Gasteiger partial charge in [-0.15, -0.1) is 0 Å².